The van der Waals surface area contributed by atoms with Crippen LogP contribution in [0.5, 0.6) is 0 Å². The van der Waals surface area contributed by atoms with E-state index in [1.54, 1.807) is 18.2 Å². The smallest absolute Gasteiger partial charge is 0.242 e. The van der Waals surface area contributed by atoms with Crippen LogP contribution in [-0.4, -0.2) is 39.1 Å². The number of halogens is 1. The number of benzene rings is 2. The van der Waals surface area contributed by atoms with E-state index in [4.69, 9.17) is 0 Å². The summed E-state index contributed by atoms with van der Waals surface area (Å²) >= 11 is 0. The standard InChI is InChI=1S/C23H25FN4O2/c1-16-18-8-3-5-10-20(18)28(26-16)14-6-13-25-23(30)21-11-12-22(29)27(21)15-17-7-2-4-9-19(17)24/h2-5,7-10,21H,6,11-15H2,1H3,(H,25,30). The molecule has 7 heteroatoms. The largest absolute Gasteiger partial charge is 0.354 e. The molecule has 1 saturated heterocycles. The first-order valence-electron chi connectivity index (χ1n) is 10.3. The Morgan fingerprint density at radius 2 is 1.97 bits per heavy atom. The van der Waals surface area contributed by atoms with Crippen LogP contribution in [0.25, 0.3) is 10.9 Å². The Hall–Kier alpha value is -3.22. The molecule has 1 unspecified atom stereocenters. The molecule has 0 radical (unpaired) electrons. The number of likely N-dealkylation sites (tertiary alicyclic amines) is 1. The van der Waals surface area contributed by atoms with Gasteiger partial charge in [-0.2, -0.15) is 5.10 Å². The van der Waals surface area contributed by atoms with E-state index in [0.717, 1.165) is 23.0 Å². The van der Waals surface area contributed by atoms with E-state index in [2.05, 4.69) is 16.5 Å². The second-order valence-electron chi connectivity index (χ2n) is 7.64. The van der Waals surface area contributed by atoms with Gasteiger partial charge >= 0.3 is 0 Å². The zero-order chi connectivity index (χ0) is 21.1. The molecule has 156 valence electrons. The summed E-state index contributed by atoms with van der Waals surface area (Å²) in [5.74, 6) is -0.659. The molecule has 2 aromatic carbocycles. The quantitative estimate of drug-likeness (QED) is 0.611. The van der Waals surface area contributed by atoms with E-state index in [1.807, 2.05) is 29.8 Å². The molecule has 1 aromatic heterocycles. The van der Waals surface area contributed by atoms with E-state index in [-0.39, 0.29) is 24.2 Å². The number of rotatable bonds is 7. The Labute approximate surface area is 174 Å². The number of hydrogen-bond acceptors (Lipinski definition) is 3. The second kappa shape index (κ2) is 8.65. The predicted molar refractivity (Wildman–Crippen MR) is 112 cm³/mol. The van der Waals surface area contributed by atoms with Gasteiger partial charge < -0.3 is 10.2 Å². The summed E-state index contributed by atoms with van der Waals surface area (Å²) in [6, 6.07) is 13.9. The van der Waals surface area contributed by atoms with Crippen LogP contribution >= 0.6 is 0 Å². The number of aryl methyl sites for hydroxylation is 2. The summed E-state index contributed by atoms with van der Waals surface area (Å²) in [6.45, 7) is 3.28. The lowest BCUT2D eigenvalue weighted by Crippen LogP contribution is -2.44. The third kappa shape index (κ3) is 4.06. The Kier molecular flexibility index (Phi) is 5.79. The molecule has 1 aliphatic heterocycles. The Morgan fingerprint density at radius 3 is 2.80 bits per heavy atom. The van der Waals surface area contributed by atoms with Gasteiger partial charge in [0, 0.05) is 37.0 Å². The average Bonchev–Trinajstić information content (AvgIpc) is 3.27. The van der Waals surface area contributed by atoms with Gasteiger partial charge in [-0.3, -0.25) is 14.3 Å². The van der Waals surface area contributed by atoms with Gasteiger partial charge in [-0.15, -0.1) is 0 Å². The van der Waals surface area contributed by atoms with E-state index < -0.39 is 6.04 Å². The zero-order valence-corrected chi connectivity index (χ0v) is 17.0. The molecule has 30 heavy (non-hydrogen) atoms. The van der Waals surface area contributed by atoms with Crippen molar-refractivity contribution >= 4 is 22.7 Å². The number of nitrogens with one attached hydrogen (secondary N) is 1. The molecule has 3 aromatic rings. The maximum atomic E-state index is 14.0. The molecule has 4 rings (SSSR count). The van der Waals surface area contributed by atoms with E-state index in [0.29, 0.717) is 31.5 Å². The fourth-order valence-electron chi connectivity index (χ4n) is 4.04. The molecular formula is C23H25FN4O2. The molecule has 1 N–H and O–H groups in total. The lowest BCUT2D eigenvalue weighted by molar-refractivity contribution is -0.135. The maximum Gasteiger partial charge on any atom is 0.242 e. The molecule has 6 nitrogen and oxygen atoms in total. The molecule has 1 aliphatic rings. The van der Waals surface area contributed by atoms with Crippen LogP contribution in [0.4, 0.5) is 4.39 Å². The minimum atomic E-state index is -0.551. The van der Waals surface area contributed by atoms with Crippen LogP contribution in [0.2, 0.25) is 0 Å². The molecule has 0 aliphatic carbocycles. The van der Waals surface area contributed by atoms with Crippen LogP contribution in [0, 0.1) is 12.7 Å². The number of hydrogen-bond donors (Lipinski definition) is 1. The van der Waals surface area contributed by atoms with Crippen LogP contribution in [-0.2, 0) is 22.7 Å². The average molecular weight is 408 g/mol. The third-order valence-electron chi connectivity index (χ3n) is 5.62. The van der Waals surface area contributed by atoms with Crippen molar-refractivity contribution < 1.29 is 14.0 Å². The summed E-state index contributed by atoms with van der Waals surface area (Å²) in [5.41, 5.74) is 2.49. The van der Waals surface area contributed by atoms with Crippen LogP contribution in [0.1, 0.15) is 30.5 Å². The lowest BCUT2D eigenvalue weighted by Gasteiger charge is -2.24. The van der Waals surface area contributed by atoms with Gasteiger partial charge in [0.15, 0.2) is 0 Å². The predicted octanol–water partition coefficient (Wildman–Crippen LogP) is 3.18. The highest BCUT2D eigenvalue weighted by molar-refractivity contribution is 5.90. The monoisotopic (exact) mass is 408 g/mol. The Balaban J connectivity index is 1.33. The molecular weight excluding hydrogens is 383 g/mol. The second-order valence-corrected chi connectivity index (χ2v) is 7.64. The third-order valence-corrected chi connectivity index (χ3v) is 5.62. The Morgan fingerprint density at radius 1 is 1.20 bits per heavy atom. The fourth-order valence-corrected chi connectivity index (χ4v) is 4.04. The Bertz CT molecular complexity index is 1080. The highest BCUT2D eigenvalue weighted by Crippen LogP contribution is 2.23. The van der Waals surface area contributed by atoms with Crippen molar-refractivity contribution in [2.75, 3.05) is 6.54 Å². The summed E-state index contributed by atoms with van der Waals surface area (Å²) in [7, 11) is 0. The number of nitrogens with zero attached hydrogens (tertiary/aromatic N) is 3. The van der Waals surface area contributed by atoms with Crippen LogP contribution in [0.15, 0.2) is 48.5 Å². The van der Waals surface area contributed by atoms with E-state index in [1.165, 1.54) is 11.0 Å². The minimum Gasteiger partial charge on any atom is -0.354 e. The molecule has 2 heterocycles. The SMILES string of the molecule is Cc1nn(CCCNC(=O)C2CCC(=O)N2Cc2ccccc2F)c2ccccc12. The molecule has 0 saturated carbocycles. The van der Waals surface area contributed by atoms with Crippen LogP contribution < -0.4 is 5.32 Å². The van der Waals surface area contributed by atoms with Crippen molar-refractivity contribution in [1.82, 2.24) is 20.0 Å². The number of carbonyl (C=O) groups excluding carboxylic acids is 2. The summed E-state index contributed by atoms with van der Waals surface area (Å²) < 4.78 is 15.9. The molecule has 0 bridgehead atoms. The first-order valence-corrected chi connectivity index (χ1v) is 10.3. The van der Waals surface area contributed by atoms with Crippen molar-refractivity contribution in [3.63, 3.8) is 0 Å². The van der Waals surface area contributed by atoms with Gasteiger partial charge in [-0.1, -0.05) is 36.4 Å². The number of para-hydroxylation sites is 1. The highest BCUT2D eigenvalue weighted by Gasteiger charge is 2.36. The summed E-state index contributed by atoms with van der Waals surface area (Å²) in [6.07, 6.45) is 1.50. The first kappa shape index (κ1) is 20.1. The summed E-state index contributed by atoms with van der Waals surface area (Å²) in [5, 5.41) is 8.64. The summed E-state index contributed by atoms with van der Waals surface area (Å²) in [4.78, 5) is 26.4. The number of carbonyl (C=O) groups is 2. The molecule has 0 spiro atoms. The van der Waals surface area contributed by atoms with Crippen molar-refractivity contribution in [1.29, 1.82) is 0 Å². The number of amides is 2. The van der Waals surface area contributed by atoms with Gasteiger partial charge in [0.1, 0.15) is 11.9 Å². The van der Waals surface area contributed by atoms with Gasteiger partial charge in [-0.05, 0) is 31.9 Å². The molecule has 1 fully saturated rings. The first-order chi connectivity index (χ1) is 14.5. The zero-order valence-electron chi connectivity index (χ0n) is 17.0. The van der Waals surface area contributed by atoms with Crippen LogP contribution in [0.3, 0.4) is 0 Å². The van der Waals surface area contributed by atoms with Gasteiger partial charge in [0.05, 0.1) is 11.2 Å². The van der Waals surface area contributed by atoms with Crippen molar-refractivity contribution in [3.05, 3.63) is 65.6 Å². The highest BCUT2D eigenvalue weighted by atomic mass is 19.1. The van der Waals surface area contributed by atoms with E-state index >= 15 is 0 Å². The van der Waals surface area contributed by atoms with Gasteiger partial charge in [0.2, 0.25) is 11.8 Å². The van der Waals surface area contributed by atoms with Gasteiger partial charge in [0.25, 0.3) is 0 Å². The number of fused-ring (bicyclic) bond motifs is 1. The van der Waals surface area contributed by atoms with Gasteiger partial charge in [-0.25, -0.2) is 4.39 Å². The van der Waals surface area contributed by atoms with E-state index in [9.17, 15) is 14.0 Å². The lowest BCUT2D eigenvalue weighted by atomic mass is 10.1. The molecule has 2 amide bonds. The maximum absolute atomic E-state index is 14.0. The molecule has 1 atom stereocenters. The van der Waals surface area contributed by atoms with Crippen molar-refractivity contribution in [3.8, 4) is 0 Å². The van der Waals surface area contributed by atoms with Crippen molar-refractivity contribution in [2.24, 2.45) is 0 Å². The fraction of sp³-hybridized carbons (Fsp3) is 0.348. The van der Waals surface area contributed by atoms with Crippen molar-refractivity contribution in [2.45, 2.75) is 45.3 Å². The number of aromatic nitrogens is 2. The minimum absolute atomic E-state index is 0.113. The normalized spacial score (nSPS) is 16.4. The topological polar surface area (TPSA) is 67.2 Å².